The zero-order chi connectivity index (χ0) is 23.6. The summed E-state index contributed by atoms with van der Waals surface area (Å²) in [6.45, 7) is 0.863. The van der Waals surface area contributed by atoms with Crippen LogP contribution >= 0.6 is 0 Å². The van der Waals surface area contributed by atoms with Gasteiger partial charge in [-0.3, -0.25) is 0 Å². The molecule has 3 rings (SSSR count). The minimum absolute atomic E-state index is 0.0845. The van der Waals surface area contributed by atoms with Gasteiger partial charge in [-0.2, -0.15) is 15.2 Å². The van der Waals surface area contributed by atoms with E-state index in [0.717, 1.165) is 0 Å². The number of aromatic nitrogens is 6. The SMILES string of the molecule is CNc1nc(NC)c(/N=N/c2nn(-c3ncccn3)cc2C#N)c(NCCCNC(N)=O)n1. The molecule has 6 N–H and O–H groups in total. The Balaban J connectivity index is 1.89. The zero-order valence-corrected chi connectivity index (χ0v) is 17.9. The van der Waals surface area contributed by atoms with Crippen molar-refractivity contribution in [3.63, 3.8) is 0 Å². The highest BCUT2D eigenvalue weighted by molar-refractivity contribution is 5.75. The van der Waals surface area contributed by atoms with Gasteiger partial charge in [-0.1, -0.05) is 0 Å². The molecule has 15 heteroatoms. The van der Waals surface area contributed by atoms with E-state index >= 15 is 0 Å². The third-order valence-electron chi connectivity index (χ3n) is 4.11. The molecular formula is C18H22N14O. The molecule has 0 aliphatic rings. The van der Waals surface area contributed by atoms with Crippen molar-refractivity contribution in [2.24, 2.45) is 16.0 Å². The van der Waals surface area contributed by atoms with Gasteiger partial charge in [-0.25, -0.2) is 19.4 Å². The Bertz CT molecular complexity index is 1170. The molecule has 0 saturated heterocycles. The highest BCUT2D eigenvalue weighted by Gasteiger charge is 2.15. The molecule has 170 valence electrons. The van der Waals surface area contributed by atoms with Crippen LogP contribution in [0, 0.1) is 11.3 Å². The van der Waals surface area contributed by atoms with Crippen LogP contribution in [0.3, 0.4) is 0 Å². The number of carbonyl (C=O) groups excluding carboxylic acids is 1. The fourth-order valence-corrected chi connectivity index (χ4v) is 2.59. The summed E-state index contributed by atoms with van der Waals surface area (Å²) in [6.07, 6.45) is 5.18. The van der Waals surface area contributed by atoms with Crippen molar-refractivity contribution < 1.29 is 4.79 Å². The fraction of sp³-hybridized carbons (Fsp3) is 0.278. The highest BCUT2D eigenvalue weighted by Crippen LogP contribution is 2.33. The minimum atomic E-state index is -0.588. The highest BCUT2D eigenvalue weighted by atomic mass is 16.2. The Morgan fingerprint density at radius 2 is 1.91 bits per heavy atom. The molecule has 33 heavy (non-hydrogen) atoms. The molecular weight excluding hydrogens is 428 g/mol. The summed E-state index contributed by atoms with van der Waals surface area (Å²) in [4.78, 5) is 27.7. The first-order chi connectivity index (χ1) is 16.0. The van der Waals surface area contributed by atoms with Gasteiger partial charge < -0.3 is 27.0 Å². The second kappa shape index (κ2) is 10.9. The Morgan fingerprint density at radius 3 is 2.58 bits per heavy atom. The maximum Gasteiger partial charge on any atom is 0.312 e. The molecule has 2 amide bonds. The van der Waals surface area contributed by atoms with Crippen molar-refractivity contribution in [3.05, 3.63) is 30.2 Å². The summed E-state index contributed by atoms with van der Waals surface area (Å²) in [7, 11) is 3.37. The van der Waals surface area contributed by atoms with Gasteiger partial charge in [0.2, 0.25) is 11.8 Å². The number of nitriles is 1. The molecule has 0 saturated carbocycles. The van der Waals surface area contributed by atoms with Crippen LogP contribution in [0.1, 0.15) is 12.0 Å². The quantitative estimate of drug-likeness (QED) is 0.221. The van der Waals surface area contributed by atoms with Crippen molar-refractivity contribution in [3.8, 4) is 12.0 Å². The third-order valence-corrected chi connectivity index (χ3v) is 4.11. The summed E-state index contributed by atoms with van der Waals surface area (Å²) in [5.41, 5.74) is 5.57. The number of nitrogens with zero attached hydrogens (tertiary/aromatic N) is 9. The van der Waals surface area contributed by atoms with Crippen LogP contribution in [-0.2, 0) is 0 Å². The average molecular weight is 450 g/mol. The first-order valence-electron chi connectivity index (χ1n) is 9.79. The van der Waals surface area contributed by atoms with Gasteiger partial charge in [0.05, 0.1) is 6.20 Å². The molecule has 0 aromatic carbocycles. The molecule has 3 heterocycles. The number of nitrogens with one attached hydrogen (secondary N) is 4. The summed E-state index contributed by atoms with van der Waals surface area (Å²) in [5.74, 6) is 1.53. The molecule has 0 atom stereocenters. The molecule has 0 fully saturated rings. The second-order valence-electron chi connectivity index (χ2n) is 6.34. The van der Waals surface area contributed by atoms with Crippen LogP contribution in [0.15, 0.2) is 34.9 Å². The van der Waals surface area contributed by atoms with Crippen molar-refractivity contribution >= 4 is 35.1 Å². The molecule has 3 aromatic rings. The maximum absolute atomic E-state index is 10.8. The van der Waals surface area contributed by atoms with E-state index in [0.29, 0.717) is 48.7 Å². The Hall–Kier alpha value is -4.87. The number of amides is 2. The lowest BCUT2D eigenvalue weighted by atomic mass is 10.3. The molecule has 0 unspecified atom stereocenters. The largest absolute Gasteiger partial charge is 0.371 e. The van der Waals surface area contributed by atoms with E-state index in [1.54, 1.807) is 32.6 Å². The first-order valence-corrected chi connectivity index (χ1v) is 9.79. The zero-order valence-electron chi connectivity index (χ0n) is 17.9. The number of primary amides is 1. The number of hydrogen-bond acceptors (Lipinski definition) is 12. The summed E-state index contributed by atoms with van der Waals surface area (Å²) in [5, 5.41) is 33.6. The minimum Gasteiger partial charge on any atom is -0.371 e. The van der Waals surface area contributed by atoms with Gasteiger partial charge in [-0.05, 0) is 12.5 Å². The van der Waals surface area contributed by atoms with E-state index in [1.165, 1.54) is 10.9 Å². The van der Waals surface area contributed by atoms with Crippen LogP contribution in [0.5, 0.6) is 0 Å². The predicted octanol–water partition coefficient (Wildman–Crippen LogP) is 1.29. The van der Waals surface area contributed by atoms with Crippen LogP contribution in [0.4, 0.5) is 33.9 Å². The molecule has 0 spiro atoms. The van der Waals surface area contributed by atoms with Crippen molar-refractivity contribution in [2.75, 3.05) is 43.1 Å². The number of azo groups is 1. The molecule has 3 aromatic heterocycles. The number of carbonyl (C=O) groups is 1. The van der Waals surface area contributed by atoms with Crippen LogP contribution in [0.2, 0.25) is 0 Å². The van der Waals surface area contributed by atoms with E-state index in [4.69, 9.17) is 5.73 Å². The molecule has 15 nitrogen and oxygen atoms in total. The van der Waals surface area contributed by atoms with Gasteiger partial charge >= 0.3 is 6.03 Å². The monoisotopic (exact) mass is 450 g/mol. The predicted molar refractivity (Wildman–Crippen MR) is 120 cm³/mol. The molecule has 0 bridgehead atoms. The lowest BCUT2D eigenvalue weighted by Gasteiger charge is -2.12. The molecule has 0 aliphatic carbocycles. The average Bonchev–Trinajstić information content (AvgIpc) is 3.26. The lowest BCUT2D eigenvalue weighted by Crippen LogP contribution is -2.30. The van der Waals surface area contributed by atoms with E-state index in [-0.39, 0.29) is 11.4 Å². The number of rotatable bonds is 10. The van der Waals surface area contributed by atoms with Gasteiger partial charge in [0, 0.05) is 39.6 Å². The molecule has 0 radical (unpaired) electrons. The first kappa shape index (κ1) is 22.8. The van der Waals surface area contributed by atoms with Crippen LogP contribution < -0.4 is 27.0 Å². The standard InChI is InChI=1S/C18H22N14O/c1-21-14-12(15(28-17(22-2)27-14)23-5-3-6-24-16(20)33)29-30-13-11(9-19)10-32(31-13)18-25-7-4-8-26-18/h4,7-8,10H,3,5-6H2,1-2H3,(H3,20,24,33)(H3,21,22,23,27,28)/b30-29+. The van der Waals surface area contributed by atoms with Crippen molar-refractivity contribution in [2.45, 2.75) is 6.42 Å². The van der Waals surface area contributed by atoms with Gasteiger partial charge in [0.15, 0.2) is 17.3 Å². The number of nitrogens with two attached hydrogens (primary N) is 1. The summed E-state index contributed by atoms with van der Waals surface area (Å²) >= 11 is 0. The number of hydrogen-bond donors (Lipinski definition) is 5. The third kappa shape index (κ3) is 5.85. The maximum atomic E-state index is 10.8. The summed E-state index contributed by atoms with van der Waals surface area (Å²) in [6, 6.07) is 3.12. The number of anilines is 3. The topological polar surface area (TPSA) is 209 Å². The number of urea groups is 1. The Morgan fingerprint density at radius 1 is 1.15 bits per heavy atom. The van der Waals surface area contributed by atoms with Crippen LogP contribution in [-0.4, -0.2) is 62.9 Å². The van der Waals surface area contributed by atoms with Crippen molar-refractivity contribution in [1.29, 1.82) is 5.26 Å². The van der Waals surface area contributed by atoms with E-state index in [2.05, 4.69) is 56.5 Å². The van der Waals surface area contributed by atoms with Crippen molar-refractivity contribution in [1.82, 2.24) is 35.0 Å². The molecule has 0 aliphatic heterocycles. The smallest absolute Gasteiger partial charge is 0.312 e. The van der Waals surface area contributed by atoms with Gasteiger partial charge in [-0.15, -0.1) is 15.3 Å². The van der Waals surface area contributed by atoms with Gasteiger partial charge in [0.1, 0.15) is 11.6 Å². The van der Waals surface area contributed by atoms with E-state index in [9.17, 15) is 10.1 Å². The Labute approximate surface area is 188 Å². The normalized spacial score (nSPS) is 10.6. The summed E-state index contributed by atoms with van der Waals surface area (Å²) < 4.78 is 1.34. The second-order valence-corrected chi connectivity index (χ2v) is 6.34. The Kier molecular flexibility index (Phi) is 7.57. The van der Waals surface area contributed by atoms with E-state index in [1.807, 2.05) is 6.07 Å². The fourth-order valence-electron chi connectivity index (χ4n) is 2.59. The van der Waals surface area contributed by atoms with E-state index < -0.39 is 6.03 Å². The van der Waals surface area contributed by atoms with Crippen LogP contribution in [0.25, 0.3) is 5.95 Å². The van der Waals surface area contributed by atoms with Gasteiger partial charge in [0.25, 0.3) is 5.95 Å². The lowest BCUT2D eigenvalue weighted by molar-refractivity contribution is 0.249.